The monoisotopic (exact) mass is 403 g/mol. The number of nitrogens with zero attached hydrogens (tertiary/aromatic N) is 1. The Morgan fingerprint density at radius 2 is 1.23 bits per heavy atom. The van der Waals surface area contributed by atoms with Gasteiger partial charge in [-0.15, -0.1) is 0 Å². The number of benzene rings is 5. The maximum Gasteiger partial charge on any atom is 0.0619 e. The first-order valence-corrected chi connectivity index (χ1v) is 10.5. The Balaban J connectivity index is 1.80. The Hall–Kier alpha value is -3.55. The predicted molar refractivity (Wildman–Crippen MR) is 129 cm³/mol. The lowest BCUT2D eigenvalue weighted by molar-refractivity contribution is 1.19. The van der Waals surface area contributed by atoms with E-state index in [0.717, 1.165) is 10.6 Å². The molecule has 0 saturated carbocycles. The lowest BCUT2D eigenvalue weighted by Crippen LogP contribution is -1.97. The highest BCUT2D eigenvalue weighted by Gasteiger charge is 2.17. The van der Waals surface area contributed by atoms with Crippen molar-refractivity contribution in [3.8, 4) is 16.8 Å². The van der Waals surface area contributed by atoms with Gasteiger partial charge in [0.1, 0.15) is 0 Å². The third-order valence-corrected chi connectivity index (χ3v) is 6.11. The SMILES string of the molecule is Clc1ccc(-c2ccccc2-n2c3ccccc3c3ccc4ccccc4c32)cc1. The fraction of sp³-hybridized carbons (Fsp3) is 0. The molecule has 2 heteroatoms. The molecule has 0 aliphatic carbocycles. The van der Waals surface area contributed by atoms with E-state index in [1.54, 1.807) is 0 Å². The second-order valence-corrected chi connectivity index (χ2v) is 8.00. The van der Waals surface area contributed by atoms with E-state index in [1.807, 2.05) is 12.1 Å². The van der Waals surface area contributed by atoms with Crippen LogP contribution >= 0.6 is 11.6 Å². The van der Waals surface area contributed by atoms with E-state index in [0.29, 0.717) is 0 Å². The second-order valence-electron chi connectivity index (χ2n) is 7.56. The number of halogens is 1. The third-order valence-electron chi connectivity index (χ3n) is 5.86. The van der Waals surface area contributed by atoms with Crippen molar-refractivity contribution in [3.05, 3.63) is 114 Å². The maximum absolute atomic E-state index is 6.15. The standard InChI is InChI=1S/C28H18ClN/c29-21-16-13-20(14-17-21)22-8-3-5-11-26(22)30-27-12-6-4-10-24(27)25-18-15-19-7-1-2-9-23(19)28(25)30/h1-18H. The van der Waals surface area contributed by atoms with Crippen molar-refractivity contribution >= 4 is 44.2 Å². The van der Waals surface area contributed by atoms with Crippen molar-refractivity contribution in [2.45, 2.75) is 0 Å². The molecule has 0 fully saturated rings. The summed E-state index contributed by atoms with van der Waals surface area (Å²) in [4.78, 5) is 0. The van der Waals surface area contributed by atoms with E-state index in [1.165, 1.54) is 43.8 Å². The minimum atomic E-state index is 0.749. The molecule has 0 spiro atoms. The summed E-state index contributed by atoms with van der Waals surface area (Å²) in [6.07, 6.45) is 0. The minimum absolute atomic E-state index is 0.749. The third kappa shape index (κ3) is 2.56. The van der Waals surface area contributed by atoms with E-state index in [4.69, 9.17) is 11.6 Å². The summed E-state index contributed by atoms with van der Waals surface area (Å²) in [5.74, 6) is 0. The second kappa shape index (κ2) is 6.76. The average Bonchev–Trinajstić information content (AvgIpc) is 3.14. The molecule has 6 aromatic rings. The van der Waals surface area contributed by atoms with Crippen LogP contribution in [0.3, 0.4) is 0 Å². The highest BCUT2D eigenvalue weighted by Crippen LogP contribution is 2.39. The number of aromatic nitrogens is 1. The van der Waals surface area contributed by atoms with Crippen molar-refractivity contribution in [1.29, 1.82) is 0 Å². The molecule has 0 bridgehead atoms. The van der Waals surface area contributed by atoms with Gasteiger partial charge < -0.3 is 4.57 Å². The number of para-hydroxylation sites is 2. The first-order chi connectivity index (χ1) is 14.8. The normalized spacial score (nSPS) is 11.5. The molecule has 0 radical (unpaired) electrons. The summed E-state index contributed by atoms with van der Waals surface area (Å²) in [5.41, 5.74) is 5.97. The molecule has 1 aromatic heterocycles. The topological polar surface area (TPSA) is 4.93 Å². The zero-order valence-electron chi connectivity index (χ0n) is 16.2. The van der Waals surface area contributed by atoms with Gasteiger partial charge in [-0.25, -0.2) is 0 Å². The molecule has 142 valence electrons. The van der Waals surface area contributed by atoms with Crippen LogP contribution in [0, 0.1) is 0 Å². The molecule has 1 heterocycles. The van der Waals surface area contributed by atoms with Gasteiger partial charge in [0.05, 0.1) is 16.7 Å². The van der Waals surface area contributed by atoms with E-state index >= 15 is 0 Å². The Bertz CT molecular complexity index is 1540. The van der Waals surface area contributed by atoms with E-state index in [2.05, 4.69) is 102 Å². The van der Waals surface area contributed by atoms with Crippen LogP contribution in [0.1, 0.15) is 0 Å². The van der Waals surface area contributed by atoms with Crippen LogP contribution in [-0.2, 0) is 0 Å². The highest BCUT2D eigenvalue weighted by atomic mass is 35.5. The zero-order valence-corrected chi connectivity index (χ0v) is 17.0. The fourth-order valence-electron chi connectivity index (χ4n) is 4.52. The molecular formula is C28H18ClN. The highest BCUT2D eigenvalue weighted by molar-refractivity contribution is 6.30. The molecule has 0 atom stereocenters. The van der Waals surface area contributed by atoms with Gasteiger partial charge in [0.15, 0.2) is 0 Å². The summed E-state index contributed by atoms with van der Waals surface area (Å²) in [6.45, 7) is 0. The van der Waals surface area contributed by atoms with Crippen LogP contribution in [0.4, 0.5) is 0 Å². The van der Waals surface area contributed by atoms with Crippen LogP contribution in [0.25, 0.3) is 49.4 Å². The zero-order chi connectivity index (χ0) is 20.1. The number of fused-ring (bicyclic) bond motifs is 5. The van der Waals surface area contributed by atoms with Crippen LogP contribution < -0.4 is 0 Å². The Labute approximate surface area is 179 Å². The first kappa shape index (κ1) is 17.3. The molecule has 0 aliphatic rings. The van der Waals surface area contributed by atoms with Gasteiger partial charge in [-0.1, -0.05) is 96.5 Å². The molecule has 5 aromatic carbocycles. The van der Waals surface area contributed by atoms with E-state index < -0.39 is 0 Å². The van der Waals surface area contributed by atoms with Gasteiger partial charge in [-0.3, -0.25) is 0 Å². The summed E-state index contributed by atoms with van der Waals surface area (Å²) in [6, 6.07) is 38.4. The van der Waals surface area contributed by atoms with Crippen LogP contribution in [-0.4, -0.2) is 4.57 Å². The molecule has 0 saturated heterocycles. The van der Waals surface area contributed by atoms with Gasteiger partial charge in [-0.05, 0) is 35.2 Å². The van der Waals surface area contributed by atoms with Gasteiger partial charge in [0.25, 0.3) is 0 Å². The molecular weight excluding hydrogens is 386 g/mol. The van der Waals surface area contributed by atoms with Gasteiger partial charge in [-0.2, -0.15) is 0 Å². The first-order valence-electron chi connectivity index (χ1n) is 10.1. The van der Waals surface area contributed by atoms with Crippen LogP contribution in [0.5, 0.6) is 0 Å². The summed E-state index contributed by atoms with van der Waals surface area (Å²) < 4.78 is 2.41. The van der Waals surface area contributed by atoms with E-state index in [9.17, 15) is 0 Å². The fourth-order valence-corrected chi connectivity index (χ4v) is 4.65. The number of hydrogen-bond donors (Lipinski definition) is 0. The number of rotatable bonds is 2. The quantitative estimate of drug-likeness (QED) is 0.274. The van der Waals surface area contributed by atoms with Crippen molar-refractivity contribution in [1.82, 2.24) is 4.57 Å². The molecule has 0 amide bonds. The summed E-state index contributed by atoms with van der Waals surface area (Å²) in [7, 11) is 0. The van der Waals surface area contributed by atoms with Crippen molar-refractivity contribution in [2.24, 2.45) is 0 Å². The number of hydrogen-bond acceptors (Lipinski definition) is 0. The Morgan fingerprint density at radius 3 is 2.10 bits per heavy atom. The van der Waals surface area contributed by atoms with Crippen LogP contribution in [0.2, 0.25) is 5.02 Å². The largest absolute Gasteiger partial charge is 0.308 e. The van der Waals surface area contributed by atoms with Crippen molar-refractivity contribution in [3.63, 3.8) is 0 Å². The van der Waals surface area contributed by atoms with Gasteiger partial charge in [0.2, 0.25) is 0 Å². The lowest BCUT2D eigenvalue weighted by Gasteiger charge is -2.15. The maximum atomic E-state index is 6.15. The smallest absolute Gasteiger partial charge is 0.0619 e. The Kier molecular flexibility index (Phi) is 3.90. The lowest BCUT2D eigenvalue weighted by atomic mass is 10.0. The van der Waals surface area contributed by atoms with Crippen LogP contribution in [0.15, 0.2) is 109 Å². The molecule has 30 heavy (non-hydrogen) atoms. The molecule has 0 N–H and O–H groups in total. The summed E-state index contributed by atoms with van der Waals surface area (Å²) >= 11 is 6.15. The molecule has 6 rings (SSSR count). The average molecular weight is 404 g/mol. The predicted octanol–water partition coefficient (Wildman–Crippen LogP) is 8.26. The minimum Gasteiger partial charge on any atom is -0.308 e. The molecule has 0 unspecified atom stereocenters. The van der Waals surface area contributed by atoms with Crippen molar-refractivity contribution in [2.75, 3.05) is 0 Å². The van der Waals surface area contributed by atoms with Gasteiger partial charge in [0, 0.05) is 26.7 Å². The van der Waals surface area contributed by atoms with Crippen molar-refractivity contribution < 1.29 is 0 Å². The molecule has 1 nitrogen and oxygen atoms in total. The van der Waals surface area contributed by atoms with E-state index in [-0.39, 0.29) is 0 Å². The Morgan fingerprint density at radius 1 is 0.533 bits per heavy atom. The van der Waals surface area contributed by atoms with Gasteiger partial charge >= 0.3 is 0 Å². The molecule has 0 aliphatic heterocycles. The summed E-state index contributed by atoms with van der Waals surface area (Å²) in [5, 5.41) is 5.80.